The van der Waals surface area contributed by atoms with Crippen LogP contribution in [0.1, 0.15) is 62.5 Å². The monoisotopic (exact) mass is 373 g/mol. The van der Waals surface area contributed by atoms with Gasteiger partial charge in [0.2, 0.25) is 0 Å². The summed E-state index contributed by atoms with van der Waals surface area (Å²) in [5.74, 6) is 0.236. The van der Waals surface area contributed by atoms with Crippen LogP contribution in [-0.2, 0) is 9.47 Å². The summed E-state index contributed by atoms with van der Waals surface area (Å²) in [5.41, 5.74) is 2.27. The number of carbonyl (C=O) groups is 1. The molecule has 148 valence electrons. The van der Waals surface area contributed by atoms with Crippen molar-refractivity contribution in [1.82, 2.24) is 9.97 Å². The Morgan fingerprint density at radius 1 is 1.37 bits per heavy atom. The lowest BCUT2D eigenvalue weighted by Gasteiger charge is -2.30. The molecule has 0 aromatic carbocycles. The molecule has 2 rings (SSSR count). The van der Waals surface area contributed by atoms with Gasteiger partial charge in [0.15, 0.2) is 5.69 Å². The highest BCUT2D eigenvalue weighted by molar-refractivity contribution is 5.90. The summed E-state index contributed by atoms with van der Waals surface area (Å²) in [5, 5.41) is 3.31. The maximum absolute atomic E-state index is 12.0. The number of aromatic nitrogens is 2. The Morgan fingerprint density at radius 3 is 2.89 bits per heavy atom. The van der Waals surface area contributed by atoms with Crippen LogP contribution < -0.4 is 5.32 Å². The van der Waals surface area contributed by atoms with Crippen molar-refractivity contribution in [2.45, 2.75) is 65.6 Å². The van der Waals surface area contributed by atoms with Crippen LogP contribution in [0.3, 0.4) is 0 Å². The van der Waals surface area contributed by atoms with Gasteiger partial charge in [-0.2, -0.15) is 0 Å². The van der Waals surface area contributed by atoms with Gasteiger partial charge < -0.3 is 14.8 Å². The molecule has 1 aromatic heterocycles. The van der Waals surface area contributed by atoms with Gasteiger partial charge in [0.25, 0.3) is 0 Å². The summed E-state index contributed by atoms with van der Waals surface area (Å²) in [6.45, 7) is 8.73. The lowest BCUT2D eigenvalue weighted by atomic mass is 10.0. The van der Waals surface area contributed by atoms with Crippen LogP contribution in [0, 0.1) is 6.92 Å². The van der Waals surface area contributed by atoms with Crippen molar-refractivity contribution in [2.24, 2.45) is 0 Å². The summed E-state index contributed by atoms with van der Waals surface area (Å²) in [6, 6.07) is 0. The number of nitrogens with zero attached hydrogens (tertiary/aromatic N) is 2. The zero-order valence-corrected chi connectivity index (χ0v) is 16.8. The van der Waals surface area contributed by atoms with E-state index in [9.17, 15) is 4.79 Å². The van der Waals surface area contributed by atoms with Crippen LogP contribution in [-0.4, -0.2) is 41.3 Å². The van der Waals surface area contributed by atoms with E-state index in [1.54, 1.807) is 6.92 Å². The largest absolute Gasteiger partial charge is 0.461 e. The standard InChI is InChI=1S/C21H31N3O3/c1-5-15(3)9-7-10-17-11-8-12-18(27-17)13-22-20-16(4)19(23-14-24-20)21(25)26-6-2/h5,7,9,14,17-18H,6,8,10-13H2,1-4H3,(H,22,23,24)/b9-7-,15-5-/t17-,18-/m1/s1. The van der Waals surface area contributed by atoms with Gasteiger partial charge in [0, 0.05) is 12.1 Å². The molecule has 27 heavy (non-hydrogen) atoms. The van der Waals surface area contributed by atoms with Crippen LogP contribution >= 0.6 is 0 Å². The predicted molar refractivity (Wildman–Crippen MR) is 107 cm³/mol. The van der Waals surface area contributed by atoms with Crippen LogP contribution in [0.4, 0.5) is 5.82 Å². The molecule has 1 aliphatic rings. The van der Waals surface area contributed by atoms with E-state index >= 15 is 0 Å². The van der Waals surface area contributed by atoms with Gasteiger partial charge in [-0.25, -0.2) is 14.8 Å². The lowest BCUT2D eigenvalue weighted by Crippen LogP contribution is -2.33. The predicted octanol–water partition coefficient (Wildman–Crippen LogP) is 4.22. The van der Waals surface area contributed by atoms with Gasteiger partial charge in [-0.15, -0.1) is 0 Å². The molecule has 2 heterocycles. The molecule has 6 heteroatoms. The third-order valence-electron chi connectivity index (χ3n) is 4.72. The molecule has 0 bridgehead atoms. The van der Waals surface area contributed by atoms with Crippen LogP contribution in [0.25, 0.3) is 0 Å². The van der Waals surface area contributed by atoms with Gasteiger partial charge in [0.05, 0.1) is 18.8 Å². The van der Waals surface area contributed by atoms with Crippen LogP contribution in [0.2, 0.25) is 0 Å². The van der Waals surface area contributed by atoms with Crippen LogP contribution in [0.5, 0.6) is 0 Å². The molecule has 0 unspecified atom stereocenters. The minimum Gasteiger partial charge on any atom is -0.461 e. The lowest BCUT2D eigenvalue weighted by molar-refractivity contribution is -0.0402. The number of esters is 1. The number of hydrogen-bond acceptors (Lipinski definition) is 6. The molecule has 1 aromatic rings. The molecule has 1 N–H and O–H groups in total. The molecule has 0 amide bonds. The van der Waals surface area contributed by atoms with Crippen molar-refractivity contribution >= 4 is 11.8 Å². The Bertz CT molecular complexity index is 685. The third kappa shape index (κ3) is 6.47. The first-order chi connectivity index (χ1) is 13.0. The number of anilines is 1. The number of carbonyl (C=O) groups excluding carboxylic acids is 1. The summed E-state index contributed by atoms with van der Waals surface area (Å²) >= 11 is 0. The SMILES string of the molecule is C/C=C(C)\C=C/C[C@@H]1CCC[C@H](CNc2ncnc(C(=O)OCC)c2C)O1. The molecular weight excluding hydrogens is 342 g/mol. The summed E-state index contributed by atoms with van der Waals surface area (Å²) in [7, 11) is 0. The van der Waals surface area contributed by atoms with Gasteiger partial charge in [-0.1, -0.05) is 23.8 Å². The first-order valence-corrected chi connectivity index (χ1v) is 9.72. The smallest absolute Gasteiger partial charge is 0.357 e. The van der Waals surface area contributed by atoms with Crippen molar-refractivity contribution in [1.29, 1.82) is 0 Å². The Balaban J connectivity index is 1.90. The fourth-order valence-electron chi connectivity index (χ4n) is 3.05. The van der Waals surface area contributed by atoms with Crippen molar-refractivity contribution in [3.05, 3.63) is 41.4 Å². The fourth-order valence-corrected chi connectivity index (χ4v) is 3.05. The van der Waals surface area contributed by atoms with E-state index in [1.807, 2.05) is 13.8 Å². The highest BCUT2D eigenvalue weighted by Crippen LogP contribution is 2.23. The van der Waals surface area contributed by atoms with Crippen molar-refractivity contribution < 1.29 is 14.3 Å². The highest BCUT2D eigenvalue weighted by atomic mass is 16.5. The maximum Gasteiger partial charge on any atom is 0.357 e. The van der Waals surface area contributed by atoms with Crippen molar-refractivity contribution in [3.8, 4) is 0 Å². The zero-order valence-electron chi connectivity index (χ0n) is 16.8. The van der Waals surface area contributed by atoms with E-state index in [4.69, 9.17) is 9.47 Å². The Kier molecular flexibility index (Phi) is 8.45. The van der Waals surface area contributed by atoms with E-state index in [2.05, 4.69) is 40.4 Å². The molecular formula is C21H31N3O3. The topological polar surface area (TPSA) is 73.3 Å². The van der Waals surface area contributed by atoms with E-state index < -0.39 is 5.97 Å². The molecule has 0 saturated carbocycles. The highest BCUT2D eigenvalue weighted by Gasteiger charge is 2.22. The Labute approximate surface area is 162 Å². The molecule has 1 saturated heterocycles. The Morgan fingerprint density at radius 2 is 2.15 bits per heavy atom. The minimum atomic E-state index is -0.419. The normalized spacial score (nSPS) is 20.7. The van der Waals surface area contributed by atoms with E-state index in [1.165, 1.54) is 11.9 Å². The maximum atomic E-state index is 12.0. The number of rotatable bonds is 8. The van der Waals surface area contributed by atoms with Crippen molar-refractivity contribution in [3.63, 3.8) is 0 Å². The first kappa shape index (κ1) is 21.1. The second kappa shape index (κ2) is 10.8. The average Bonchev–Trinajstić information content (AvgIpc) is 2.67. The molecule has 6 nitrogen and oxygen atoms in total. The van der Waals surface area contributed by atoms with Gasteiger partial charge >= 0.3 is 5.97 Å². The quantitative estimate of drug-likeness (QED) is 0.543. The second-order valence-corrected chi connectivity index (χ2v) is 6.78. The molecule has 0 radical (unpaired) electrons. The molecule has 2 atom stereocenters. The second-order valence-electron chi connectivity index (χ2n) is 6.78. The summed E-state index contributed by atoms with van der Waals surface area (Å²) in [6.07, 6.45) is 12.4. The number of nitrogens with one attached hydrogen (secondary N) is 1. The van der Waals surface area contributed by atoms with Gasteiger partial charge in [-0.3, -0.25) is 0 Å². The fraction of sp³-hybridized carbons (Fsp3) is 0.571. The summed E-state index contributed by atoms with van der Waals surface area (Å²) in [4.78, 5) is 20.3. The van der Waals surface area contributed by atoms with Gasteiger partial charge in [-0.05, 0) is 53.4 Å². The van der Waals surface area contributed by atoms with Gasteiger partial charge in [0.1, 0.15) is 12.1 Å². The van der Waals surface area contributed by atoms with E-state index in [0.717, 1.165) is 25.7 Å². The first-order valence-electron chi connectivity index (χ1n) is 9.72. The molecule has 0 aliphatic carbocycles. The molecule has 1 fully saturated rings. The van der Waals surface area contributed by atoms with Crippen molar-refractivity contribution in [2.75, 3.05) is 18.5 Å². The number of ether oxygens (including phenoxy) is 2. The molecule has 0 spiro atoms. The average molecular weight is 373 g/mol. The van der Waals surface area contributed by atoms with E-state index in [0.29, 0.717) is 30.2 Å². The zero-order chi connectivity index (χ0) is 19.6. The minimum absolute atomic E-state index is 0.139. The number of allylic oxidation sites excluding steroid dienone is 3. The summed E-state index contributed by atoms with van der Waals surface area (Å²) < 4.78 is 11.3. The number of hydrogen-bond donors (Lipinski definition) is 1. The third-order valence-corrected chi connectivity index (χ3v) is 4.72. The molecule has 1 aliphatic heterocycles. The van der Waals surface area contributed by atoms with E-state index in [-0.39, 0.29) is 12.2 Å². The van der Waals surface area contributed by atoms with Crippen LogP contribution in [0.15, 0.2) is 30.1 Å². The Hall–Kier alpha value is -2.21.